The van der Waals surface area contributed by atoms with Crippen LogP contribution in [-0.2, 0) is 0 Å². The molecule has 1 heterocycles. The van der Waals surface area contributed by atoms with Crippen LogP contribution in [-0.4, -0.2) is 27.9 Å². The highest BCUT2D eigenvalue weighted by Gasteiger charge is 2.30. The number of nitro benzene ring substituents is 1. The zero-order valence-electron chi connectivity index (χ0n) is 12.7. The smallest absolute Gasteiger partial charge is 0.277 e. The number of benzene rings is 2. The van der Waals surface area contributed by atoms with E-state index in [9.17, 15) is 20.0 Å². The largest absolute Gasteiger partial charge is 0.497 e. The normalized spacial score (nSPS) is 15.8. The van der Waals surface area contributed by atoms with Gasteiger partial charge in [0.1, 0.15) is 5.75 Å². The van der Waals surface area contributed by atoms with E-state index in [0.29, 0.717) is 22.4 Å². The van der Waals surface area contributed by atoms with Crippen LogP contribution in [0.15, 0.2) is 48.7 Å². The molecule has 0 saturated carbocycles. The summed E-state index contributed by atoms with van der Waals surface area (Å²) >= 11 is 0. The van der Waals surface area contributed by atoms with Gasteiger partial charge < -0.3 is 9.84 Å². The van der Waals surface area contributed by atoms with Crippen LogP contribution in [0.4, 0.5) is 5.69 Å². The van der Waals surface area contributed by atoms with Gasteiger partial charge in [0.05, 0.1) is 17.6 Å². The van der Waals surface area contributed by atoms with Gasteiger partial charge in [-0.3, -0.25) is 19.8 Å². The molecule has 24 heavy (non-hydrogen) atoms. The minimum absolute atomic E-state index is 0.112. The first-order chi connectivity index (χ1) is 11.5. The molecule has 0 aromatic heterocycles. The SMILES string of the molecule is COc1ccc(C(=O)N2C=Cc3c(cccc3[N+](=O)[O-])C2O)cc1. The number of hydrogen-bond donors (Lipinski definition) is 1. The second-order valence-corrected chi connectivity index (χ2v) is 5.17. The van der Waals surface area contributed by atoms with Gasteiger partial charge in [0.2, 0.25) is 0 Å². The van der Waals surface area contributed by atoms with Crippen molar-refractivity contribution in [3.63, 3.8) is 0 Å². The minimum atomic E-state index is -1.29. The van der Waals surface area contributed by atoms with Gasteiger partial charge in [-0.1, -0.05) is 12.1 Å². The molecule has 1 aliphatic rings. The van der Waals surface area contributed by atoms with E-state index >= 15 is 0 Å². The predicted octanol–water partition coefficient (Wildman–Crippen LogP) is 2.72. The Morgan fingerprint density at radius 1 is 1.25 bits per heavy atom. The van der Waals surface area contributed by atoms with Crippen molar-refractivity contribution in [2.45, 2.75) is 6.23 Å². The lowest BCUT2D eigenvalue weighted by molar-refractivity contribution is -0.385. The number of ether oxygens (including phenoxy) is 1. The molecule has 2 aromatic rings. The van der Waals surface area contributed by atoms with Crippen LogP contribution in [0.1, 0.15) is 27.7 Å². The summed E-state index contributed by atoms with van der Waals surface area (Å²) in [5.41, 5.74) is 0.870. The Labute approximate surface area is 137 Å². The van der Waals surface area contributed by atoms with Crippen molar-refractivity contribution in [1.82, 2.24) is 4.90 Å². The first-order valence-electron chi connectivity index (χ1n) is 7.13. The molecule has 7 nitrogen and oxygen atoms in total. The number of methoxy groups -OCH3 is 1. The molecule has 1 amide bonds. The number of aliphatic hydroxyl groups excluding tert-OH is 1. The molecule has 0 bridgehead atoms. The monoisotopic (exact) mass is 326 g/mol. The molecule has 7 heteroatoms. The summed E-state index contributed by atoms with van der Waals surface area (Å²) in [5, 5.41) is 21.5. The summed E-state index contributed by atoms with van der Waals surface area (Å²) in [6.45, 7) is 0. The van der Waals surface area contributed by atoms with Crippen LogP contribution in [0.2, 0.25) is 0 Å². The van der Waals surface area contributed by atoms with Crippen molar-refractivity contribution in [2.75, 3.05) is 7.11 Å². The molecule has 0 saturated heterocycles. The lowest BCUT2D eigenvalue weighted by Gasteiger charge is -2.29. The zero-order chi connectivity index (χ0) is 17.3. The first kappa shape index (κ1) is 15.7. The molecule has 122 valence electrons. The van der Waals surface area contributed by atoms with E-state index in [2.05, 4.69) is 0 Å². The van der Waals surface area contributed by atoms with E-state index in [0.717, 1.165) is 4.90 Å². The Balaban J connectivity index is 1.94. The maximum atomic E-state index is 12.6. The summed E-state index contributed by atoms with van der Waals surface area (Å²) in [4.78, 5) is 24.3. The predicted molar refractivity (Wildman–Crippen MR) is 86.3 cm³/mol. The molecule has 3 rings (SSSR count). The number of fused-ring (bicyclic) bond motifs is 1. The Morgan fingerprint density at radius 2 is 1.96 bits per heavy atom. The van der Waals surface area contributed by atoms with Crippen LogP contribution < -0.4 is 4.74 Å². The van der Waals surface area contributed by atoms with Crippen LogP contribution >= 0.6 is 0 Å². The van der Waals surface area contributed by atoms with Crippen molar-refractivity contribution >= 4 is 17.7 Å². The number of nitrogens with zero attached hydrogens (tertiary/aromatic N) is 2. The van der Waals surface area contributed by atoms with Crippen LogP contribution in [0.5, 0.6) is 5.75 Å². The summed E-state index contributed by atoms with van der Waals surface area (Å²) < 4.78 is 5.05. The Kier molecular flexibility index (Phi) is 4.01. The number of hydrogen-bond acceptors (Lipinski definition) is 5. The molecule has 2 aromatic carbocycles. The van der Waals surface area contributed by atoms with Crippen LogP contribution in [0, 0.1) is 10.1 Å². The van der Waals surface area contributed by atoms with Gasteiger partial charge in [-0.05, 0) is 30.3 Å². The molecule has 1 atom stereocenters. The molecule has 0 fully saturated rings. The second-order valence-electron chi connectivity index (χ2n) is 5.17. The lowest BCUT2D eigenvalue weighted by atomic mass is 10.00. The first-order valence-corrected chi connectivity index (χ1v) is 7.13. The summed E-state index contributed by atoms with van der Waals surface area (Å²) in [6, 6.07) is 10.9. The highest BCUT2D eigenvalue weighted by Crippen LogP contribution is 2.34. The van der Waals surface area contributed by atoms with E-state index in [1.807, 2.05) is 0 Å². The average molecular weight is 326 g/mol. The third kappa shape index (κ3) is 2.61. The number of amides is 1. The number of nitro groups is 1. The topological polar surface area (TPSA) is 92.9 Å². The molecule has 0 radical (unpaired) electrons. The Hall–Kier alpha value is -3.19. The number of rotatable bonds is 3. The Morgan fingerprint density at radius 3 is 2.58 bits per heavy atom. The van der Waals surface area contributed by atoms with E-state index in [-0.39, 0.29) is 5.69 Å². The van der Waals surface area contributed by atoms with E-state index in [1.54, 1.807) is 30.3 Å². The van der Waals surface area contributed by atoms with E-state index in [4.69, 9.17) is 4.74 Å². The molecule has 1 N–H and O–H groups in total. The zero-order valence-corrected chi connectivity index (χ0v) is 12.7. The van der Waals surface area contributed by atoms with E-state index in [1.165, 1.54) is 31.5 Å². The quantitative estimate of drug-likeness (QED) is 0.691. The molecular formula is C17H14N2O5. The molecule has 0 spiro atoms. The minimum Gasteiger partial charge on any atom is -0.497 e. The highest BCUT2D eigenvalue weighted by molar-refractivity contribution is 5.96. The van der Waals surface area contributed by atoms with E-state index < -0.39 is 17.1 Å². The molecule has 0 aliphatic carbocycles. The fraction of sp³-hybridized carbons (Fsp3) is 0.118. The number of aliphatic hydroxyl groups is 1. The highest BCUT2D eigenvalue weighted by atomic mass is 16.6. The fourth-order valence-corrected chi connectivity index (χ4v) is 2.58. The standard InChI is InChI=1S/C17H14N2O5/c1-24-12-7-5-11(6-8-12)16(20)18-10-9-13-14(17(18)21)3-2-4-15(13)19(22)23/h2-10,17,21H,1H3. The number of carbonyl (C=O) groups excluding carboxylic acids is 1. The van der Waals surface area contributed by atoms with Gasteiger partial charge in [-0.2, -0.15) is 0 Å². The summed E-state index contributed by atoms with van der Waals surface area (Å²) in [5.74, 6) is 0.195. The van der Waals surface area contributed by atoms with Crippen molar-refractivity contribution in [3.8, 4) is 5.75 Å². The van der Waals surface area contributed by atoms with Gasteiger partial charge in [-0.15, -0.1) is 0 Å². The maximum Gasteiger partial charge on any atom is 0.277 e. The second kappa shape index (κ2) is 6.13. The third-order valence-corrected chi connectivity index (χ3v) is 3.83. The van der Waals surface area contributed by atoms with Gasteiger partial charge in [0.25, 0.3) is 11.6 Å². The van der Waals surface area contributed by atoms with Crippen molar-refractivity contribution in [2.24, 2.45) is 0 Å². The van der Waals surface area contributed by atoms with Crippen molar-refractivity contribution in [3.05, 3.63) is 75.5 Å². The van der Waals surface area contributed by atoms with Gasteiger partial charge >= 0.3 is 0 Å². The molecule has 1 unspecified atom stereocenters. The van der Waals surface area contributed by atoms with Crippen LogP contribution in [0.25, 0.3) is 6.08 Å². The number of carbonyl (C=O) groups is 1. The fourth-order valence-electron chi connectivity index (χ4n) is 2.58. The third-order valence-electron chi connectivity index (χ3n) is 3.83. The molecule has 1 aliphatic heterocycles. The summed E-state index contributed by atoms with van der Waals surface area (Å²) in [7, 11) is 1.53. The van der Waals surface area contributed by atoms with Crippen LogP contribution in [0.3, 0.4) is 0 Å². The van der Waals surface area contributed by atoms with Gasteiger partial charge in [-0.25, -0.2) is 0 Å². The Bertz CT molecular complexity index is 829. The average Bonchev–Trinajstić information content (AvgIpc) is 2.61. The van der Waals surface area contributed by atoms with Gasteiger partial charge in [0.15, 0.2) is 6.23 Å². The van der Waals surface area contributed by atoms with Crippen molar-refractivity contribution < 1.29 is 19.6 Å². The molecular weight excluding hydrogens is 312 g/mol. The summed E-state index contributed by atoms with van der Waals surface area (Å²) in [6.07, 6.45) is 1.52. The van der Waals surface area contributed by atoms with Gasteiger partial charge in [0, 0.05) is 23.4 Å². The van der Waals surface area contributed by atoms with Crippen molar-refractivity contribution in [1.29, 1.82) is 0 Å². The lowest BCUT2D eigenvalue weighted by Crippen LogP contribution is -2.32. The maximum absolute atomic E-state index is 12.6.